The number of aromatic nitrogens is 4. The minimum absolute atomic E-state index is 0.118. The lowest BCUT2D eigenvalue weighted by molar-refractivity contribution is -0.115. The van der Waals surface area contributed by atoms with E-state index in [1.807, 2.05) is 78.4 Å². The van der Waals surface area contributed by atoms with Crippen molar-refractivity contribution in [3.63, 3.8) is 0 Å². The summed E-state index contributed by atoms with van der Waals surface area (Å²) in [4.78, 5) is 17.0. The summed E-state index contributed by atoms with van der Waals surface area (Å²) in [6.45, 7) is 3.89. The van der Waals surface area contributed by atoms with Crippen LogP contribution in [0.2, 0.25) is 0 Å². The first-order chi connectivity index (χ1) is 16.6. The summed E-state index contributed by atoms with van der Waals surface area (Å²) in [7, 11) is 1.62. The van der Waals surface area contributed by atoms with Crippen molar-refractivity contribution in [2.45, 2.75) is 36.8 Å². The Kier molecular flexibility index (Phi) is 7.81. The van der Waals surface area contributed by atoms with Crippen LogP contribution in [0.5, 0.6) is 11.5 Å². The van der Waals surface area contributed by atoms with E-state index >= 15 is 0 Å². The number of nitrogens with zero attached hydrogens (tertiary/aromatic N) is 4. The minimum Gasteiger partial charge on any atom is -0.497 e. The number of hydrogen-bond donors (Lipinski definition) is 1. The van der Waals surface area contributed by atoms with Crippen molar-refractivity contribution in [3.8, 4) is 17.2 Å². The monoisotopic (exact) mass is 495 g/mol. The first-order valence-electron chi connectivity index (χ1n) is 10.8. The Hall–Kier alpha value is -3.37. The lowest BCUT2D eigenvalue weighted by atomic mass is 10.3. The number of methoxy groups -OCH3 is 1. The number of anilines is 1. The Balaban J connectivity index is 1.62. The maximum absolute atomic E-state index is 12.9. The van der Waals surface area contributed by atoms with E-state index in [0.29, 0.717) is 34.0 Å². The standard InChI is InChI=1S/C24H25N5O3S2/c1-4-20(22(30)26-23-25-13-14-33-23)34-24-28-27-21(29(24)17-9-6-5-7-10-17)16(2)32-19-12-8-11-18(15-19)31-3/h5-16,20H,4H2,1-3H3,(H,25,26,30). The number of thiazole rings is 1. The number of benzene rings is 2. The van der Waals surface area contributed by atoms with Gasteiger partial charge in [-0.05, 0) is 37.6 Å². The summed E-state index contributed by atoms with van der Waals surface area (Å²) in [6.07, 6.45) is 1.88. The molecule has 2 aromatic carbocycles. The van der Waals surface area contributed by atoms with Gasteiger partial charge in [0.1, 0.15) is 11.5 Å². The van der Waals surface area contributed by atoms with Gasteiger partial charge >= 0.3 is 0 Å². The van der Waals surface area contributed by atoms with Crippen LogP contribution in [0.15, 0.2) is 71.3 Å². The molecule has 8 nitrogen and oxygen atoms in total. The first-order valence-corrected chi connectivity index (χ1v) is 12.5. The van der Waals surface area contributed by atoms with Gasteiger partial charge in [-0.3, -0.25) is 9.36 Å². The average molecular weight is 496 g/mol. The zero-order valence-corrected chi connectivity index (χ0v) is 20.7. The Morgan fingerprint density at radius 2 is 1.94 bits per heavy atom. The fraction of sp³-hybridized carbons (Fsp3) is 0.250. The zero-order valence-electron chi connectivity index (χ0n) is 19.0. The number of carbonyl (C=O) groups is 1. The van der Waals surface area contributed by atoms with E-state index in [0.717, 1.165) is 5.69 Å². The Bertz CT molecular complexity index is 1210. The zero-order chi connectivity index (χ0) is 23.9. The number of rotatable bonds is 10. The van der Waals surface area contributed by atoms with Crippen LogP contribution in [0.3, 0.4) is 0 Å². The molecule has 2 aromatic heterocycles. The van der Waals surface area contributed by atoms with Crippen LogP contribution in [-0.2, 0) is 4.79 Å². The van der Waals surface area contributed by atoms with E-state index in [2.05, 4.69) is 20.5 Å². The molecule has 2 unspecified atom stereocenters. The summed E-state index contributed by atoms with van der Waals surface area (Å²) in [6, 6.07) is 17.2. The third-order valence-corrected chi connectivity index (χ3v) is 6.96. The molecule has 0 fully saturated rings. The van der Waals surface area contributed by atoms with Gasteiger partial charge in [-0.25, -0.2) is 4.98 Å². The van der Waals surface area contributed by atoms with Crippen molar-refractivity contribution in [1.82, 2.24) is 19.7 Å². The van der Waals surface area contributed by atoms with Crippen LogP contribution in [0.4, 0.5) is 5.13 Å². The predicted molar refractivity (Wildman–Crippen MR) is 134 cm³/mol. The van der Waals surface area contributed by atoms with E-state index in [1.54, 1.807) is 13.3 Å². The molecule has 10 heteroatoms. The van der Waals surface area contributed by atoms with Crippen LogP contribution >= 0.6 is 23.1 Å². The van der Waals surface area contributed by atoms with Crippen molar-refractivity contribution in [3.05, 3.63) is 72.0 Å². The van der Waals surface area contributed by atoms with Gasteiger partial charge in [0.25, 0.3) is 0 Å². The predicted octanol–water partition coefficient (Wildman–Crippen LogP) is 5.38. The molecule has 4 aromatic rings. The van der Waals surface area contributed by atoms with Crippen LogP contribution in [0.25, 0.3) is 5.69 Å². The molecule has 0 bridgehead atoms. The topological polar surface area (TPSA) is 91.2 Å². The maximum Gasteiger partial charge on any atom is 0.239 e. The molecule has 34 heavy (non-hydrogen) atoms. The number of hydrogen-bond acceptors (Lipinski definition) is 8. The number of ether oxygens (including phenoxy) is 2. The van der Waals surface area contributed by atoms with Gasteiger partial charge in [-0.2, -0.15) is 0 Å². The van der Waals surface area contributed by atoms with Gasteiger partial charge in [-0.15, -0.1) is 21.5 Å². The number of amides is 1. The van der Waals surface area contributed by atoms with Gasteiger partial charge in [0, 0.05) is 23.3 Å². The second-order valence-corrected chi connectivity index (χ2v) is 9.36. The first kappa shape index (κ1) is 23.8. The second kappa shape index (κ2) is 11.2. The van der Waals surface area contributed by atoms with Crippen LogP contribution in [-0.4, -0.2) is 38.0 Å². The molecular formula is C24H25N5O3S2. The van der Waals surface area contributed by atoms with Gasteiger partial charge in [0.2, 0.25) is 5.91 Å². The van der Waals surface area contributed by atoms with Crippen molar-refractivity contribution in [1.29, 1.82) is 0 Å². The molecule has 1 amide bonds. The van der Waals surface area contributed by atoms with E-state index in [-0.39, 0.29) is 11.2 Å². The number of nitrogens with one attached hydrogen (secondary N) is 1. The second-order valence-electron chi connectivity index (χ2n) is 7.29. The van der Waals surface area contributed by atoms with Gasteiger partial charge < -0.3 is 14.8 Å². The van der Waals surface area contributed by atoms with Crippen LogP contribution in [0, 0.1) is 0 Å². The highest BCUT2D eigenvalue weighted by Gasteiger charge is 2.26. The summed E-state index contributed by atoms with van der Waals surface area (Å²) >= 11 is 2.76. The smallest absolute Gasteiger partial charge is 0.239 e. The summed E-state index contributed by atoms with van der Waals surface area (Å²) in [5.74, 6) is 1.89. The van der Waals surface area contributed by atoms with Gasteiger partial charge in [0.15, 0.2) is 22.2 Å². The summed E-state index contributed by atoms with van der Waals surface area (Å²) in [5.41, 5.74) is 0.890. The third-order valence-electron chi connectivity index (χ3n) is 4.96. The fourth-order valence-corrected chi connectivity index (χ4v) is 4.80. The summed E-state index contributed by atoms with van der Waals surface area (Å²) < 4.78 is 13.4. The Labute approximate surface area is 206 Å². The highest BCUT2D eigenvalue weighted by atomic mass is 32.2. The highest BCUT2D eigenvalue weighted by molar-refractivity contribution is 8.00. The van der Waals surface area contributed by atoms with Crippen molar-refractivity contribution >= 4 is 34.1 Å². The van der Waals surface area contributed by atoms with Crippen LogP contribution < -0.4 is 14.8 Å². The molecule has 0 radical (unpaired) electrons. The molecule has 0 saturated heterocycles. The van der Waals surface area contributed by atoms with Crippen molar-refractivity contribution in [2.24, 2.45) is 0 Å². The molecule has 4 rings (SSSR count). The molecule has 2 atom stereocenters. The molecule has 0 aliphatic heterocycles. The molecule has 0 saturated carbocycles. The average Bonchev–Trinajstić information content (AvgIpc) is 3.53. The Morgan fingerprint density at radius 1 is 1.15 bits per heavy atom. The number of carbonyl (C=O) groups excluding carboxylic acids is 1. The highest BCUT2D eigenvalue weighted by Crippen LogP contribution is 2.32. The SMILES string of the molecule is CCC(Sc1nnc(C(C)Oc2cccc(OC)c2)n1-c1ccccc1)C(=O)Nc1nccs1. The van der Waals surface area contributed by atoms with Crippen molar-refractivity contribution < 1.29 is 14.3 Å². The quantitative estimate of drug-likeness (QED) is 0.295. The minimum atomic E-state index is -0.404. The van der Waals surface area contributed by atoms with E-state index in [4.69, 9.17) is 9.47 Å². The van der Waals surface area contributed by atoms with Gasteiger partial charge in [0.05, 0.1) is 12.4 Å². The molecule has 0 spiro atoms. The molecule has 2 heterocycles. The fourth-order valence-electron chi connectivity index (χ4n) is 3.29. The molecule has 176 valence electrons. The van der Waals surface area contributed by atoms with E-state index in [9.17, 15) is 4.79 Å². The third kappa shape index (κ3) is 5.57. The normalized spacial score (nSPS) is 12.7. The molecule has 1 N–H and O–H groups in total. The van der Waals surface area contributed by atoms with Crippen molar-refractivity contribution in [2.75, 3.05) is 12.4 Å². The van der Waals surface area contributed by atoms with Gasteiger partial charge in [-0.1, -0.05) is 43.0 Å². The number of thioether (sulfide) groups is 1. The summed E-state index contributed by atoms with van der Waals surface area (Å²) in [5, 5.41) is 14.4. The molecule has 0 aliphatic rings. The van der Waals surface area contributed by atoms with E-state index < -0.39 is 6.10 Å². The lowest BCUT2D eigenvalue weighted by Crippen LogP contribution is -2.25. The largest absolute Gasteiger partial charge is 0.497 e. The number of para-hydroxylation sites is 1. The molecular weight excluding hydrogens is 470 g/mol. The lowest BCUT2D eigenvalue weighted by Gasteiger charge is -2.18. The maximum atomic E-state index is 12.9. The van der Waals surface area contributed by atoms with Crippen LogP contribution in [0.1, 0.15) is 32.2 Å². The van der Waals surface area contributed by atoms with E-state index in [1.165, 1.54) is 23.1 Å². The molecule has 0 aliphatic carbocycles. The Morgan fingerprint density at radius 3 is 2.65 bits per heavy atom.